The van der Waals surface area contributed by atoms with E-state index in [-0.39, 0.29) is 17.7 Å². The van der Waals surface area contributed by atoms with E-state index in [2.05, 4.69) is 4.85 Å². The summed E-state index contributed by atoms with van der Waals surface area (Å²) in [7, 11) is 0. The maximum absolute atomic E-state index is 13.2. The van der Waals surface area contributed by atoms with Crippen molar-refractivity contribution in [2.75, 3.05) is 6.61 Å². The van der Waals surface area contributed by atoms with Crippen molar-refractivity contribution in [2.45, 2.75) is 26.1 Å². The van der Waals surface area contributed by atoms with Gasteiger partial charge in [0.05, 0.1) is 12.1 Å². The Bertz CT molecular complexity index is 680. The minimum absolute atomic E-state index is 0.0224. The van der Waals surface area contributed by atoms with Crippen molar-refractivity contribution in [3.8, 4) is 0 Å². The second-order valence-corrected chi connectivity index (χ2v) is 4.52. The molecule has 106 valence electrons. The lowest BCUT2D eigenvalue weighted by atomic mass is 10.1. The van der Waals surface area contributed by atoms with Gasteiger partial charge in [-0.1, -0.05) is 6.07 Å². The summed E-state index contributed by atoms with van der Waals surface area (Å²) in [5.41, 5.74) is -0.142. The van der Waals surface area contributed by atoms with E-state index < -0.39 is 11.7 Å². The van der Waals surface area contributed by atoms with Crippen LogP contribution in [0.15, 0.2) is 18.2 Å². The molecule has 1 heterocycles. The van der Waals surface area contributed by atoms with Crippen LogP contribution in [-0.4, -0.2) is 16.3 Å². The molecule has 0 saturated heterocycles. The predicted molar refractivity (Wildman–Crippen MR) is 69.6 cm³/mol. The first kappa shape index (κ1) is 14.4. The second kappa shape index (κ2) is 5.17. The number of aryl methyl sites for hydroxylation is 2. The molecule has 0 amide bonds. The molecule has 6 heteroatoms. The standard InChI is InChI=1S/C14H13F3N2O/c1-9-8-10-12(19(9)6-3-7-20)5-4-11(18-2)13(10)14(15,16)17/h4-5,8,20H,3,6-7H2,1H3. The zero-order valence-electron chi connectivity index (χ0n) is 10.8. The normalized spacial score (nSPS) is 11.8. The molecular formula is C14H13F3N2O. The molecular weight excluding hydrogens is 269 g/mol. The molecule has 0 saturated carbocycles. The number of hydrogen-bond donors (Lipinski definition) is 1. The molecule has 20 heavy (non-hydrogen) atoms. The lowest BCUT2D eigenvalue weighted by Gasteiger charge is -2.12. The van der Waals surface area contributed by atoms with Crippen molar-refractivity contribution >= 4 is 16.6 Å². The lowest BCUT2D eigenvalue weighted by Crippen LogP contribution is -2.06. The summed E-state index contributed by atoms with van der Waals surface area (Å²) in [5, 5.41) is 8.90. The van der Waals surface area contributed by atoms with E-state index in [1.807, 2.05) is 0 Å². The van der Waals surface area contributed by atoms with Crippen LogP contribution in [0.3, 0.4) is 0 Å². The molecule has 1 aromatic carbocycles. The van der Waals surface area contributed by atoms with E-state index in [9.17, 15) is 13.2 Å². The van der Waals surface area contributed by atoms with Crippen LogP contribution < -0.4 is 0 Å². The summed E-state index contributed by atoms with van der Waals surface area (Å²) in [5.74, 6) is 0. The molecule has 2 aromatic rings. The number of nitrogens with zero attached hydrogens (tertiary/aromatic N) is 2. The number of aliphatic hydroxyl groups excluding tert-OH is 1. The Morgan fingerprint density at radius 2 is 2.05 bits per heavy atom. The van der Waals surface area contributed by atoms with Crippen LogP contribution in [0.4, 0.5) is 18.9 Å². The number of halogens is 3. The van der Waals surface area contributed by atoms with E-state index in [0.717, 1.165) is 0 Å². The first-order chi connectivity index (χ1) is 9.40. The number of fused-ring (bicyclic) bond motifs is 1. The number of alkyl halides is 3. The zero-order valence-corrected chi connectivity index (χ0v) is 10.8. The van der Waals surface area contributed by atoms with E-state index in [4.69, 9.17) is 11.7 Å². The van der Waals surface area contributed by atoms with Gasteiger partial charge < -0.3 is 9.67 Å². The molecule has 1 aromatic heterocycles. The third kappa shape index (κ3) is 2.37. The maximum atomic E-state index is 13.2. The highest BCUT2D eigenvalue weighted by molar-refractivity contribution is 5.90. The van der Waals surface area contributed by atoms with E-state index in [1.54, 1.807) is 11.5 Å². The van der Waals surface area contributed by atoms with Crippen LogP contribution in [0.25, 0.3) is 15.7 Å². The fraction of sp³-hybridized carbons (Fsp3) is 0.357. The summed E-state index contributed by atoms with van der Waals surface area (Å²) in [6.45, 7) is 9.04. The van der Waals surface area contributed by atoms with Gasteiger partial charge in [0.25, 0.3) is 0 Å². The summed E-state index contributed by atoms with van der Waals surface area (Å²) >= 11 is 0. The maximum Gasteiger partial charge on any atom is 0.408 e. The van der Waals surface area contributed by atoms with Gasteiger partial charge in [-0.05, 0) is 25.5 Å². The van der Waals surface area contributed by atoms with Gasteiger partial charge in [-0.15, -0.1) is 0 Å². The van der Waals surface area contributed by atoms with Crippen LogP contribution in [0.1, 0.15) is 17.7 Å². The minimum atomic E-state index is -4.56. The molecule has 0 aliphatic rings. The molecule has 0 atom stereocenters. The van der Waals surface area contributed by atoms with Crippen LogP contribution in [-0.2, 0) is 12.7 Å². The van der Waals surface area contributed by atoms with Crippen molar-refractivity contribution in [1.29, 1.82) is 0 Å². The van der Waals surface area contributed by atoms with E-state index in [0.29, 0.717) is 24.2 Å². The average molecular weight is 282 g/mol. The van der Waals surface area contributed by atoms with Crippen LogP contribution in [0.2, 0.25) is 0 Å². The van der Waals surface area contributed by atoms with Crippen molar-refractivity contribution in [3.63, 3.8) is 0 Å². The number of hydrogen-bond acceptors (Lipinski definition) is 1. The van der Waals surface area contributed by atoms with Crippen LogP contribution >= 0.6 is 0 Å². The Morgan fingerprint density at radius 3 is 2.60 bits per heavy atom. The van der Waals surface area contributed by atoms with Crippen LogP contribution in [0, 0.1) is 13.5 Å². The highest BCUT2D eigenvalue weighted by Gasteiger charge is 2.36. The zero-order chi connectivity index (χ0) is 14.9. The van der Waals surface area contributed by atoms with Gasteiger partial charge in [0.2, 0.25) is 0 Å². The molecule has 0 aliphatic heterocycles. The fourth-order valence-electron chi connectivity index (χ4n) is 2.37. The second-order valence-electron chi connectivity index (χ2n) is 4.52. The molecule has 0 unspecified atom stereocenters. The monoisotopic (exact) mass is 282 g/mol. The Morgan fingerprint density at radius 1 is 1.35 bits per heavy atom. The molecule has 0 bridgehead atoms. The number of aromatic nitrogens is 1. The Hall–Kier alpha value is -2.00. The minimum Gasteiger partial charge on any atom is -0.396 e. The van der Waals surface area contributed by atoms with Crippen LogP contribution in [0.5, 0.6) is 0 Å². The highest BCUT2D eigenvalue weighted by Crippen LogP contribution is 2.42. The first-order valence-corrected chi connectivity index (χ1v) is 6.08. The SMILES string of the molecule is [C-]#[N+]c1ccc2c(cc(C)n2CCCO)c1C(F)(F)F. The first-order valence-electron chi connectivity index (χ1n) is 6.08. The lowest BCUT2D eigenvalue weighted by molar-refractivity contribution is -0.135. The number of rotatable bonds is 3. The predicted octanol–water partition coefficient (Wildman–Crippen LogP) is 3.90. The van der Waals surface area contributed by atoms with E-state index >= 15 is 0 Å². The smallest absolute Gasteiger partial charge is 0.396 e. The Kier molecular flexibility index (Phi) is 3.73. The summed E-state index contributed by atoms with van der Waals surface area (Å²) in [6.07, 6.45) is -4.09. The number of aliphatic hydroxyl groups is 1. The Labute approximate surface area is 114 Å². The molecule has 0 aliphatic carbocycles. The third-order valence-corrected chi connectivity index (χ3v) is 3.21. The highest BCUT2D eigenvalue weighted by atomic mass is 19.4. The van der Waals surface area contributed by atoms with Crippen molar-refractivity contribution in [1.82, 2.24) is 4.57 Å². The molecule has 2 rings (SSSR count). The summed E-state index contributed by atoms with van der Waals surface area (Å²) < 4.78 is 41.2. The average Bonchev–Trinajstić information content (AvgIpc) is 2.69. The molecule has 3 nitrogen and oxygen atoms in total. The summed E-state index contributed by atoms with van der Waals surface area (Å²) in [6, 6.07) is 4.18. The van der Waals surface area contributed by atoms with Gasteiger partial charge in [-0.3, -0.25) is 0 Å². The van der Waals surface area contributed by atoms with Gasteiger partial charge in [0.1, 0.15) is 0 Å². The molecule has 0 fully saturated rings. The topological polar surface area (TPSA) is 29.5 Å². The Balaban J connectivity index is 2.74. The van der Waals surface area contributed by atoms with Gasteiger partial charge in [0, 0.05) is 29.7 Å². The summed E-state index contributed by atoms with van der Waals surface area (Å²) in [4.78, 5) is 2.97. The fourth-order valence-corrected chi connectivity index (χ4v) is 2.37. The van der Waals surface area contributed by atoms with Gasteiger partial charge in [0.15, 0.2) is 5.69 Å². The quantitative estimate of drug-likeness (QED) is 0.850. The van der Waals surface area contributed by atoms with Crippen molar-refractivity contribution in [2.24, 2.45) is 0 Å². The number of benzene rings is 1. The van der Waals surface area contributed by atoms with Crippen molar-refractivity contribution in [3.05, 3.63) is 40.9 Å². The van der Waals surface area contributed by atoms with Gasteiger partial charge in [-0.25, -0.2) is 4.85 Å². The van der Waals surface area contributed by atoms with Crippen molar-refractivity contribution < 1.29 is 18.3 Å². The largest absolute Gasteiger partial charge is 0.408 e. The molecule has 0 spiro atoms. The van der Waals surface area contributed by atoms with Gasteiger partial charge in [-0.2, -0.15) is 13.2 Å². The third-order valence-electron chi connectivity index (χ3n) is 3.21. The van der Waals surface area contributed by atoms with E-state index in [1.165, 1.54) is 18.2 Å². The molecule has 1 N–H and O–H groups in total. The van der Waals surface area contributed by atoms with Gasteiger partial charge >= 0.3 is 6.18 Å². The molecule has 0 radical (unpaired) electrons.